The van der Waals surface area contributed by atoms with Gasteiger partial charge >= 0.3 is 0 Å². The highest BCUT2D eigenvalue weighted by Gasteiger charge is 2.57. The highest BCUT2D eigenvalue weighted by Crippen LogP contribution is 2.40. The van der Waals surface area contributed by atoms with Gasteiger partial charge in [0.25, 0.3) is 0 Å². The van der Waals surface area contributed by atoms with Gasteiger partial charge in [0.2, 0.25) is 0 Å². The molecule has 6 N–H and O–H groups in total. The number of hydrazine groups is 1. The Labute approximate surface area is 159 Å². The number of hydrogen-bond acceptors (Lipinski definition) is 8. The van der Waals surface area contributed by atoms with Crippen molar-refractivity contribution < 1.29 is 37.6 Å². The molecule has 8 nitrogen and oxygen atoms in total. The highest BCUT2D eigenvalue weighted by molar-refractivity contribution is 5.62. The van der Waals surface area contributed by atoms with Crippen LogP contribution in [0.1, 0.15) is 19.4 Å². The summed E-state index contributed by atoms with van der Waals surface area (Å²) in [6, 6.07) is 0.608. The third-order valence-electron chi connectivity index (χ3n) is 4.57. The molecule has 11 heteroatoms. The number of halogens is 3. The number of nitrogens with two attached hydrogens (primary N) is 2. The second-order valence-electron chi connectivity index (χ2n) is 7.10. The Morgan fingerprint density at radius 2 is 1.89 bits per heavy atom. The van der Waals surface area contributed by atoms with Gasteiger partial charge in [0, 0.05) is 11.8 Å². The fraction of sp³-hybridized carbons (Fsp3) is 0.529. The normalized spacial score (nSPS) is 30.4. The average Bonchev–Trinajstić information content (AvgIpc) is 3.09. The zero-order valence-corrected chi connectivity index (χ0v) is 15.2. The van der Waals surface area contributed by atoms with Crippen LogP contribution in [0.25, 0.3) is 5.70 Å². The number of rotatable bonds is 5. The smallest absolute Gasteiger partial charge is 0.194 e. The maximum Gasteiger partial charge on any atom is 0.194 e. The summed E-state index contributed by atoms with van der Waals surface area (Å²) in [6.07, 6.45) is -2.74. The third kappa shape index (κ3) is 3.81. The number of ether oxygens (including phenoxy) is 3. The highest BCUT2D eigenvalue weighted by atomic mass is 19.2. The summed E-state index contributed by atoms with van der Waals surface area (Å²) in [5, 5.41) is 20.4. The van der Waals surface area contributed by atoms with E-state index in [2.05, 4.69) is 0 Å². The predicted octanol–water partition coefficient (Wildman–Crippen LogP) is 0.135. The van der Waals surface area contributed by atoms with Crippen molar-refractivity contribution in [2.24, 2.45) is 11.6 Å². The summed E-state index contributed by atoms with van der Waals surface area (Å²) in [5.41, 5.74) is 5.55. The number of nitrogens with zero attached hydrogens (tertiary/aromatic N) is 1. The van der Waals surface area contributed by atoms with Crippen LogP contribution < -0.4 is 11.6 Å². The van der Waals surface area contributed by atoms with E-state index < -0.39 is 60.5 Å². The Hall–Kier alpha value is -1.89. The number of benzene rings is 1. The molecule has 1 aromatic rings. The Morgan fingerprint density at radius 3 is 2.46 bits per heavy atom. The van der Waals surface area contributed by atoms with Gasteiger partial charge in [-0.25, -0.2) is 19.0 Å². The molecule has 28 heavy (non-hydrogen) atoms. The summed E-state index contributed by atoms with van der Waals surface area (Å²) < 4.78 is 57.0. The van der Waals surface area contributed by atoms with Crippen molar-refractivity contribution >= 4 is 5.70 Å². The maximum absolute atomic E-state index is 13.5. The van der Waals surface area contributed by atoms with Gasteiger partial charge < -0.3 is 35.2 Å². The van der Waals surface area contributed by atoms with Crippen molar-refractivity contribution in [3.8, 4) is 0 Å². The molecule has 1 unspecified atom stereocenters. The van der Waals surface area contributed by atoms with Gasteiger partial charge in [-0.15, -0.1) is 0 Å². The molecule has 156 valence electrons. The third-order valence-corrected chi connectivity index (χ3v) is 4.57. The van der Waals surface area contributed by atoms with Crippen molar-refractivity contribution in [3.05, 3.63) is 41.3 Å². The molecule has 0 aromatic heterocycles. The summed E-state index contributed by atoms with van der Waals surface area (Å²) in [4.78, 5) is 0. The lowest BCUT2D eigenvalue weighted by Gasteiger charge is -2.33. The topological polar surface area (TPSA) is 123 Å². The van der Waals surface area contributed by atoms with E-state index >= 15 is 0 Å². The first-order chi connectivity index (χ1) is 13.0. The Balaban J connectivity index is 1.89. The van der Waals surface area contributed by atoms with Crippen LogP contribution in [0.3, 0.4) is 0 Å². The maximum atomic E-state index is 13.5. The lowest BCUT2D eigenvalue weighted by molar-refractivity contribution is -0.222. The van der Waals surface area contributed by atoms with Crippen LogP contribution in [-0.4, -0.2) is 58.3 Å². The van der Waals surface area contributed by atoms with E-state index in [0.29, 0.717) is 0 Å². The molecule has 1 aromatic carbocycles. The molecular weight excluding hydrogens is 383 g/mol. The molecular formula is C17H22F3N3O5. The van der Waals surface area contributed by atoms with Crippen LogP contribution in [-0.2, 0) is 14.2 Å². The van der Waals surface area contributed by atoms with Crippen LogP contribution in [0.15, 0.2) is 18.3 Å². The van der Waals surface area contributed by atoms with E-state index in [1.165, 1.54) is 0 Å². The van der Waals surface area contributed by atoms with E-state index in [1.54, 1.807) is 13.8 Å². The molecule has 5 atom stereocenters. The van der Waals surface area contributed by atoms with E-state index in [9.17, 15) is 23.4 Å². The van der Waals surface area contributed by atoms with Crippen LogP contribution in [0.5, 0.6) is 0 Å². The van der Waals surface area contributed by atoms with Gasteiger partial charge in [0.05, 0.1) is 12.3 Å². The molecule has 0 aliphatic carbocycles. The first kappa shape index (κ1) is 20.8. The minimum absolute atomic E-state index is 0.134. The van der Waals surface area contributed by atoms with Crippen molar-refractivity contribution in [2.45, 2.75) is 50.3 Å². The average molecular weight is 405 g/mol. The zero-order valence-electron chi connectivity index (χ0n) is 15.2. The second kappa shape index (κ2) is 7.50. The summed E-state index contributed by atoms with van der Waals surface area (Å²) in [7, 11) is 0. The molecule has 0 spiro atoms. The molecule has 0 bridgehead atoms. The van der Waals surface area contributed by atoms with Crippen molar-refractivity contribution in [2.75, 3.05) is 6.61 Å². The van der Waals surface area contributed by atoms with Gasteiger partial charge in [-0.05, 0) is 26.0 Å². The quantitative estimate of drug-likeness (QED) is 0.310. The van der Waals surface area contributed by atoms with E-state index in [0.717, 1.165) is 23.3 Å². The van der Waals surface area contributed by atoms with Gasteiger partial charge in [0.1, 0.15) is 24.4 Å². The fourth-order valence-electron chi connectivity index (χ4n) is 3.32. The summed E-state index contributed by atoms with van der Waals surface area (Å²) in [5.74, 6) is 0.673. The van der Waals surface area contributed by atoms with Gasteiger partial charge in [0.15, 0.2) is 29.5 Å². The zero-order chi connectivity index (χ0) is 20.8. The Kier molecular flexibility index (Phi) is 5.58. The van der Waals surface area contributed by atoms with Crippen molar-refractivity contribution in [1.82, 2.24) is 5.01 Å². The second-order valence-corrected chi connectivity index (χ2v) is 7.10. The van der Waals surface area contributed by atoms with E-state index in [-0.39, 0.29) is 11.3 Å². The van der Waals surface area contributed by atoms with E-state index in [4.69, 9.17) is 25.8 Å². The van der Waals surface area contributed by atoms with Crippen molar-refractivity contribution in [1.29, 1.82) is 0 Å². The molecule has 0 saturated carbocycles. The fourth-order valence-corrected chi connectivity index (χ4v) is 3.32. The van der Waals surface area contributed by atoms with E-state index in [1.807, 2.05) is 0 Å². The Bertz CT molecular complexity index is 755. The lowest BCUT2D eigenvalue weighted by Crippen LogP contribution is -2.53. The standard InChI is InChI=1S/C17H22F3N3O5/c1-17(2)27-15-13(14(11(25)6-24)26-16(15)28-17)23(22)5-10(21)7-3-8(18)12(20)9(19)4-7/h3-5,11,13-16,24-25H,6,21-22H2,1-2H3/b10-5-/t11-,13?,14+,15+,16-/m1/s1. The number of fused-ring (bicyclic) bond motifs is 1. The van der Waals surface area contributed by atoms with Crippen LogP contribution in [0.2, 0.25) is 0 Å². The largest absolute Gasteiger partial charge is 0.397 e. The first-order valence-corrected chi connectivity index (χ1v) is 8.49. The molecule has 2 saturated heterocycles. The number of aliphatic hydroxyl groups is 2. The van der Waals surface area contributed by atoms with Gasteiger partial charge in [-0.2, -0.15) is 0 Å². The predicted molar refractivity (Wildman–Crippen MR) is 90.1 cm³/mol. The van der Waals surface area contributed by atoms with Crippen LogP contribution >= 0.6 is 0 Å². The first-order valence-electron chi connectivity index (χ1n) is 8.49. The number of hydrogen-bond donors (Lipinski definition) is 4. The van der Waals surface area contributed by atoms with Crippen LogP contribution in [0.4, 0.5) is 13.2 Å². The monoisotopic (exact) mass is 405 g/mol. The molecule has 2 heterocycles. The Morgan fingerprint density at radius 1 is 1.29 bits per heavy atom. The van der Waals surface area contributed by atoms with Gasteiger partial charge in [-0.3, -0.25) is 0 Å². The molecule has 2 aliphatic heterocycles. The summed E-state index contributed by atoms with van der Waals surface area (Å²) in [6.45, 7) is 2.72. The molecule has 0 radical (unpaired) electrons. The molecule has 2 fully saturated rings. The molecule has 0 amide bonds. The summed E-state index contributed by atoms with van der Waals surface area (Å²) >= 11 is 0. The molecule has 2 aliphatic rings. The van der Waals surface area contributed by atoms with Crippen LogP contribution in [0, 0.1) is 17.5 Å². The minimum Gasteiger partial charge on any atom is -0.397 e. The lowest BCUT2D eigenvalue weighted by atomic mass is 10.0. The minimum atomic E-state index is -1.61. The van der Waals surface area contributed by atoms with Crippen molar-refractivity contribution in [3.63, 3.8) is 0 Å². The SMILES string of the molecule is CC1(C)O[C@H]2O[C@@H]([C@H](O)CO)C(N(N)/C=C(\N)c3cc(F)c(F)c(F)c3)[C@@H]2O1. The van der Waals surface area contributed by atoms with Gasteiger partial charge in [-0.1, -0.05) is 0 Å². The molecule has 3 rings (SSSR count). The number of aliphatic hydroxyl groups excluding tert-OH is 2.